The lowest BCUT2D eigenvalue weighted by atomic mass is 9.82. The molecule has 0 aromatic heterocycles. The minimum Gasteiger partial charge on any atom is -0.497 e. The Morgan fingerprint density at radius 1 is 1.03 bits per heavy atom. The number of methoxy groups -OCH3 is 1. The van der Waals surface area contributed by atoms with E-state index in [2.05, 4.69) is 5.32 Å². The van der Waals surface area contributed by atoms with E-state index < -0.39 is 45.8 Å². The molecule has 1 aliphatic heterocycles. The van der Waals surface area contributed by atoms with Crippen LogP contribution in [0.25, 0.3) is 0 Å². The molecule has 2 N–H and O–H groups in total. The molecular formula is C27H32FN3O7S. The van der Waals surface area contributed by atoms with Gasteiger partial charge in [0.2, 0.25) is 10.0 Å². The predicted octanol–water partition coefficient (Wildman–Crippen LogP) is 2.85. The number of benzene rings is 2. The van der Waals surface area contributed by atoms with Gasteiger partial charge >= 0.3 is 5.97 Å². The van der Waals surface area contributed by atoms with E-state index in [0.29, 0.717) is 5.75 Å². The normalized spacial score (nSPS) is 19.4. The first-order chi connectivity index (χ1) is 18.6. The van der Waals surface area contributed by atoms with Crippen LogP contribution in [-0.2, 0) is 19.6 Å². The quantitative estimate of drug-likeness (QED) is 0.481. The lowest BCUT2D eigenvalue weighted by Gasteiger charge is -2.34. The third-order valence-electron chi connectivity index (χ3n) is 7.32. The molecule has 210 valence electrons. The van der Waals surface area contributed by atoms with E-state index in [0.717, 1.165) is 65.6 Å². The van der Waals surface area contributed by atoms with Gasteiger partial charge in [0.05, 0.1) is 18.4 Å². The number of carboxylic acid groups (broad SMARTS) is 1. The minimum atomic E-state index is -4.32. The minimum absolute atomic E-state index is 0.0730. The number of nitrogens with one attached hydrogen (secondary N) is 1. The number of hydrogen-bond acceptors (Lipinski definition) is 6. The van der Waals surface area contributed by atoms with Crippen molar-refractivity contribution in [3.05, 3.63) is 59.9 Å². The summed E-state index contributed by atoms with van der Waals surface area (Å²) in [5.41, 5.74) is 0.226. The number of carboxylic acids is 1. The number of carbonyl (C=O) groups is 3. The van der Waals surface area contributed by atoms with Gasteiger partial charge in [-0.1, -0.05) is 19.3 Å². The maximum absolute atomic E-state index is 13.8. The van der Waals surface area contributed by atoms with Gasteiger partial charge in [-0.15, -0.1) is 0 Å². The fourth-order valence-corrected chi connectivity index (χ4v) is 6.85. The summed E-state index contributed by atoms with van der Waals surface area (Å²) in [6.07, 6.45) is 2.46. The van der Waals surface area contributed by atoms with Crippen LogP contribution < -0.4 is 10.1 Å². The fourth-order valence-electron chi connectivity index (χ4n) is 5.30. The molecule has 1 saturated heterocycles. The summed E-state index contributed by atoms with van der Waals surface area (Å²) in [7, 11) is -2.84. The lowest BCUT2D eigenvalue weighted by Crippen LogP contribution is -2.56. The molecule has 1 heterocycles. The molecule has 10 nitrogen and oxygen atoms in total. The van der Waals surface area contributed by atoms with E-state index >= 15 is 0 Å². The Morgan fingerprint density at radius 3 is 2.26 bits per heavy atom. The first kappa shape index (κ1) is 28.5. The third-order valence-corrected chi connectivity index (χ3v) is 9.19. The van der Waals surface area contributed by atoms with E-state index in [1.165, 1.54) is 19.2 Å². The predicted molar refractivity (Wildman–Crippen MR) is 139 cm³/mol. The fraction of sp³-hybridized carbons (Fsp3) is 0.444. The van der Waals surface area contributed by atoms with Crippen molar-refractivity contribution >= 4 is 27.8 Å². The Balaban J connectivity index is 1.68. The van der Waals surface area contributed by atoms with Crippen LogP contribution in [-0.4, -0.2) is 72.9 Å². The van der Waals surface area contributed by atoms with E-state index in [9.17, 15) is 32.3 Å². The Kier molecular flexibility index (Phi) is 8.86. The molecule has 2 atom stereocenters. The highest BCUT2D eigenvalue weighted by Crippen LogP contribution is 2.30. The number of sulfonamides is 1. The van der Waals surface area contributed by atoms with E-state index in [-0.39, 0.29) is 35.9 Å². The van der Waals surface area contributed by atoms with Crippen molar-refractivity contribution in [2.75, 3.05) is 20.2 Å². The van der Waals surface area contributed by atoms with E-state index in [4.69, 9.17) is 4.74 Å². The van der Waals surface area contributed by atoms with Crippen LogP contribution in [0.2, 0.25) is 0 Å². The molecule has 12 heteroatoms. The maximum Gasteiger partial charge on any atom is 0.305 e. The topological polar surface area (TPSA) is 133 Å². The average molecular weight is 562 g/mol. The summed E-state index contributed by atoms with van der Waals surface area (Å²) < 4.78 is 46.7. The number of ether oxygens (including phenoxy) is 1. The van der Waals surface area contributed by atoms with Crippen LogP contribution in [0.1, 0.15) is 48.9 Å². The van der Waals surface area contributed by atoms with Crippen molar-refractivity contribution in [2.45, 2.75) is 55.6 Å². The highest BCUT2D eigenvalue weighted by molar-refractivity contribution is 7.89. The number of amides is 2. The van der Waals surface area contributed by atoms with Crippen LogP contribution in [0.15, 0.2) is 53.4 Å². The standard InChI is InChI=1S/C27H32FN3O7S/c1-38-21-11-7-19(8-12-21)27(35)30-15-16-31(39(36,37)22-13-9-20(28)10-14-22)26(30)25(34)29-23(17-24(32)33)18-5-3-2-4-6-18/h7-14,18,23,26H,2-6,15-17H2,1H3,(H,29,34)(H,32,33). The van der Waals surface area contributed by atoms with Crippen LogP contribution >= 0.6 is 0 Å². The van der Waals surface area contributed by atoms with Crippen LogP contribution in [0.5, 0.6) is 5.75 Å². The van der Waals surface area contributed by atoms with Crippen molar-refractivity contribution in [3.63, 3.8) is 0 Å². The van der Waals surface area contributed by atoms with Gasteiger partial charge in [0.15, 0.2) is 6.17 Å². The second-order valence-electron chi connectivity index (χ2n) is 9.78. The number of carbonyl (C=O) groups excluding carboxylic acids is 2. The van der Waals surface area contributed by atoms with Gasteiger partial charge in [0, 0.05) is 24.7 Å². The van der Waals surface area contributed by atoms with Gasteiger partial charge in [-0.3, -0.25) is 14.4 Å². The molecule has 4 rings (SSSR count). The number of nitrogens with zero attached hydrogens (tertiary/aromatic N) is 2. The number of hydrogen-bond donors (Lipinski definition) is 2. The van der Waals surface area contributed by atoms with Crippen LogP contribution in [0.3, 0.4) is 0 Å². The van der Waals surface area contributed by atoms with Crippen molar-refractivity contribution in [2.24, 2.45) is 5.92 Å². The molecule has 0 radical (unpaired) electrons. The second kappa shape index (κ2) is 12.1. The smallest absolute Gasteiger partial charge is 0.305 e. The Morgan fingerprint density at radius 2 is 1.67 bits per heavy atom. The number of rotatable bonds is 9. The SMILES string of the molecule is COc1ccc(C(=O)N2CCN(S(=O)(=O)c3ccc(F)cc3)C2C(=O)NC(CC(=O)O)C2CCCCC2)cc1. The Labute approximate surface area is 226 Å². The molecule has 1 aliphatic carbocycles. The highest BCUT2D eigenvalue weighted by atomic mass is 32.2. The zero-order valence-electron chi connectivity index (χ0n) is 21.6. The molecule has 2 aromatic carbocycles. The maximum atomic E-state index is 13.8. The Bertz CT molecular complexity index is 1300. The number of halogens is 1. The monoisotopic (exact) mass is 561 g/mol. The summed E-state index contributed by atoms with van der Waals surface area (Å²) in [5, 5.41) is 12.3. The van der Waals surface area contributed by atoms with Crippen LogP contribution in [0, 0.1) is 11.7 Å². The summed E-state index contributed by atoms with van der Waals surface area (Å²) in [4.78, 5) is 39.9. The molecule has 2 fully saturated rings. The third kappa shape index (κ3) is 6.39. The van der Waals surface area contributed by atoms with Gasteiger partial charge in [-0.05, 0) is 67.3 Å². The van der Waals surface area contributed by atoms with Gasteiger partial charge in [0.1, 0.15) is 11.6 Å². The molecule has 2 amide bonds. The van der Waals surface area contributed by atoms with Crippen molar-refractivity contribution < 1.29 is 37.0 Å². The van der Waals surface area contributed by atoms with Crippen molar-refractivity contribution in [1.29, 1.82) is 0 Å². The van der Waals surface area contributed by atoms with Crippen LogP contribution in [0.4, 0.5) is 4.39 Å². The van der Waals surface area contributed by atoms with Gasteiger partial charge < -0.3 is 20.1 Å². The first-order valence-electron chi connectivity index (χ1n) is 12.9. The highest BCUT2D eigenvalue weighted by Gasteiger charge is 2.47. The van der Waals surface area contributed by atoms with Gasteiger partial charge in [-0.2, -0.15) is 4.31 Å². The second-order valence-corrected chi connectivity index (χ2v) is 11.7. The summed E-state index contributed by atoms with van der Waals surface area (Å²) in [6.45, 7) is -0.247. The molecule has 2 unspecified atom stereocenters. The van der Waals surface area contributed by atoms with Crippen molar-refractivity contribution in [1.82, 2.24) is 14.5 Å². The largest absolute Gasteiger partial charge is 0.497 e. The zero-order valence-corrected chi connectivity index (χ0v) is 22.4. The first-order valence-corrected chi connectivity index (χ1v) is 14.3. The number of aliphatic carboxylic acids is 1. The van der Waals surface area contributed by atoms with Gasteiger partial charge in [-0.25, -0.2) is 12.8 Å². The van der Waals surface area contributed by atoms with E-state index in [1.54, 1.807) is 12.1 Å². The zero-order chi connectivity index (χ0) is 28.2. The molecule has 2 aliphatic rings. The van der Waals surface area contributed by atoms with Crippen molar-refractivity contribution in [3.8, 4) is 5.75 Å². The summed E-state index contributed by atoms with van der Waals surface area (Å²) >= 11 is 0. The molecular weight excluding hydrogens is 529 g/mol. The summed E-state index contributed by atoms with van der Waals surface area (Å²) in [6, 6.07) is 9.68. The lowest BCUT2D eigenvalue weighted by molar-refractivity contribution is -0.138. The molecule has 0 spiro atoms. The molecule has 1 saturated carbocycles. The average Bonchev–Trinajstić information content (AvgIpc) is 3.39. The Hall–Kier alpha value is -3.51. The van der Waals surface area contributed by atoms with Gasteiger partial charge in [0.25, 0.3) is 11.8 Å². The molecule has 39 heavy (non-hydrogen) atoms. The summed E-state index contributed by atoms with van der Waals surface area (Å²) in [5.74, 6) is -2.61. The van der Waals surface area contributed by atoms with E-state index in [1.807, 2.05) is 0 Å². The molecule has 0 bridgehead atoms. The molecule has 2 aromatic rings.